The number of methoxy groups -OCH3 is 2. The first-order valence-electron chi connectivity index (χ1n) is 11.8. The molecule has 0 amide bonds. The van der Waals surface area contributed by atoms with Gasteiger partial charge in [-0.3, -0.25) is 4.99 Å². The van der Waals surface area contributed by atoms with Gasteiger partial charge in [0.2, 0.25) is 0 Å². The van der Waals surface area contributed by atoms with Crippen molar-refractivity contribution in [2.75, 3.05) is 54.6 Å². The summed E-state index contributed by atoms with van der Waals surface area (Å²) >= 11 is 0. The highest BCUT2D eigenvalue weighted by molar-refractivity contribution is 14.0. The number of hydrogen-bond donors (Lipinski definition) is 1. The summed E-state index contributed by atoms with van der Waals surface area (Å²) in [6.07, 6.45) is 9.75. The molecule has 0 atom stereocenters. The van der Waals surface area contributed by atoms with E-state index in [2.05, 4.69) is 34.4 Å². The third-order valence-corrected chi connectivity index (χ3v) is 7.18. The lowest BCUT2D eigenvalue weighted by molar-refractivity contribution is 0.0625. The van der Waals surface area contributed by atoms with Gasteiger partial charge >= 0.3 is 0 Å². The van der Waals surface area contributed by atoms with Crippen molar-refractivity contribution in [3.05, 3.63) is 23.8 Å². The number of rotatable bonds is 8. The van der Waals surface area contributed by atoms with Gasteiger partial charge in [-0.05, 0) is 55.7 Å². The topological polar surface area (TPSA) is 55.3 Å². The number of hydrogen-bond acceptors (Lipinski definition) is 4. The average molecular weight is 560 g/mol. The Morgan fingerprint density at radius 1 is 1.12 bits per heavy atom. The summed E-state index contributed by atoms with van der Waals surface area (Å²) in [7, 11) is 7.44. The Labute approximate surface area is 211 Å². The average Bonchev–Trinajstić information content (AvgIpc) is 2.83. The van der Waals surface area contributed by atoms with Crippen LogP contribution in [0.3, 0.4) is 0 Å². The number of guanidine groups is 1. The van der Waals surface area contributed by atoms with E-state index in [0.717, 1.165) is 49.7 Å². The van der Waals surface area contributed by atoms with Crippen LogP contribution in [0.15, 0.2) is 23.2 Å². The van der Waals surface area contributed by atoms with Crippen molar-refractivity contribution in [2.24, 2.45) is 10.9 Å². The van der Waals surface area contributed by atoms with E-state index in [4.69, 9.17) is 14.2 Å². The Balaban J connectivity index is 0.00000363. The van der Waals surface area contributed by atoms with Crippen molar-refractivity contribution in [1.82, 2.24) is 10.2 Å². The third-order valence-electron chi connectivity index (χ3n) is 7.18. The van der Waals surface area contributed by atoms with E-state index >= 15 is 0 Å². The van der Waals surface area contributed by atoms with Gasteiger partial charge in [-0.2, -0.15) is 0 Å². The van der Waals surface area contributed by atoms with E-state index < -0.39 is 0 Å². The molecule has 0 bridgehead atoms. The predicted octanol–water partition coefficient (Wildman–Crippen LogP) is 4.85. The minimum Gasteiger partial charge on any atom is -0.493 e. The van der Waals surface area contributed by atoms with Crippen molar-refractivity contribution in [3.63, 3.8) is 0 Å². The molecule has 1 heterocycles. The van der Waals surface area contributed by atoms with Crippen LogP contribution < -0.4 is 14.8 Å². The van der Waals surface area contributed by atoms with E-state index in [0.29, 0.717) is 0 Å². The standard InChI is InChI=1S/C25H41N3O3.HI/c1-26-24(28(2)15-10-20-11-16-31-17-12-20)27-19-25(13-6-5-7-14-25)21-8-9-22(29-3)23(18-21)30-4;/h8-9,18,20H,5-7,10-17,19H2,1-4H3,(H,26,27);1H. The number of halogens is 1. The van der Waals surface area contributed by atoms with E-state index in [9.17, 15) is 0 Å². The quantitative estimate of drug-likeness (QED) is 0.281. The number of nitrogens with one attached hydrogen (secondary N) is 1. The van der Waals surface area contributed by atoms with Crippen molar-refractivity contribution < 1.29 is 14.2 Å². The van der Waals surface area contributed by atoms with Gasteiger partial charge in [0, 0.05) is 45.8 Å². The summed E-state index contributed by atoms with van der Waals surface area (Å²) in [6, 6.07) is 6.43. The minimum atomic E-state index is 0. The molecule has 1 aromatic carbocycles. The van der Waals surface area contributed by atoms with Crippen LogP contribution in [0.25, 0.3) is 0 Å². The second kappa shape index (κ2) is 13.5. The van der Waals surface area contributed by atoms with Gasteiger partial charge in [0.1, 0.15) is 0 Å². The van der Waals surface area contributed by atoms with Crippen LogP contribution >= 0.6 is 24.0 Å². The van der Waals surface area contributed by atoms with Crippen molar-refractivity contribution in [2.45, 2.75) is 56.8 Å². The van der Waals surface area contributed by atoms with Crippen LogP contribution in [0.2, 0.25) is 0 Å². The number of ether oxygens (including phenoxy) is 3. The van der Waals surface area contributed by atoms with Gasteiger partial charge in [-0.1, -0.05) is 25.3 Å². The highest BCUT2D eigenvalue weighted by Crippen LogP contribution is 2.42. The molecule has 0 spiro atoms. The zero-order chi connectivity index (χ0) is 22.1. The lowest BCUT2D eigenvalue weighted by atomic mass is 9.69. The fourth-order valence-electron chi connectivity index (χ4n) is 5.11. The molecule has 182 valence electrons. The van der Waals surface area contributed by atoms with Gasteiger partial charge in [-0.25, -0.2) is 0 Å². The fraction of sp³-hybridized carbons (Fsp3) is 0.720. The molecule has 1 saturated heterocycles. The van der Waals surface area contributed by atoms with E-state index in [1.54, 1.807) is 14.2 Å². The molecule has 2 fully saturated rings. The maximum Gasteiger partial charge on any atom is 0.193 e. The first-order chi connectivity index (χ1) is 15.1. The Morgan fingerprint density at radius 2 is 1.81 bits per heavy atom. The highest BCUT2D eigenvalue weighted by atomic mass is 127. The first kappa shape index (κ1) is 27.0. The van der Waals surface area contributed by atoms with Crippen LogP contribution in [0.5, 0.6) is 11.5 Å². The molecule has 0 radical (unpaired) electrons. The maximum absolute atomic E-state index is 5.60. The summed E-state index contributed by atoms with van der Waals surface area (Å²) in [5.41, 5.74) is 1.42. The number of benzene rings is 1. The summed E-state index contributed by atoms with van der Waals surface area (Å²) in [4.78, 5) is 6.86. The third kappa shape index (κ3) is 6.89. The number of aliphatic imine (C=N–C) groups is 1. The summed E-state index contributed by atoms with van der Waals surface area (Å²) < 4.78 is 16.6. The molecule has 1 aliphatic carbocycles. The first-order valence-corrected chi connectivity index (χ1v) is 11.8. The van der Waals surface area contributed by atoms with E-state index in [1.807, 2.05) is 13.1 Å². The lowest BCUT2D eigenvalue weighted by Gasteiger charge is -2.39. The fourth-order valence-corrected chi connectivity index (χ4v) is 5.11. The van der Waals surface area contributed by atoms with Gasteiger partial charge in [0.25, 0.3) is 0 Å². The number of nitrogens with zero attached hydrogens (tertiary/aromatic N) is 2. The monoisotopic (exact) mass is 559 g/mol. The van der Waals surface area contributed by atoms with Gasteiger partial charge in [0.15, 0.2) is 17.5 Å². The largest absolute Gasteiger partial charge is 0.493 e. The Hall–Kier alpha value is -1.22. The van der Waals surface area contributed by atoms with Crippen LogP contribution in [-0.2, 0) is 10.2 Å². The van der Waals surface area contributed by atoms with Gasteiger partial charge < -0.3 is 24.4 Å². The highest BCUT2D eigenvalue weighted by Gasteiger charge is 2.35. The zero-order valence-corrected chi connectivity index (χ0v) is 22.7. The van der Waals surface area contributed by atoms with Crippen LogP contribution in [-0.4, -0.2) is 65.5 Å². The molecule has 0 unspecified atom stereocenters. The van der Waals surface area contributed by atoms with Crippen LogP contribution in [0, 0.1) is 5.92 Å². The summed E-state index contributed by atoms with van der Waals surface area (Å²) in [6.45, 7) is 3.73. The molecule has 1 N–H and O–H groups in total. The van der Waals surface area contributed by atoms with E-state index in [1.165, 1.54) is 56.9 Å². The molecular formula is C25H42IN3O3. The summed E-state index contributed by atoms with van der Waals surface area (Å²) in [5, 5.41) is 3.71. The Morgan fingerprint density at radius 3 is 2.44 bits per heavy atom. The van der Waals surface area contributed by atoms with Crippen molar-refractivity contribution >= 4 is 29.9 Å². The minimum absolute atomic E-state index is 0. The van der Waals surface area contributed by atoms with Crippen LogP contribution in [0.4, 0.5) is 0 Å². The SMILES string of the molecule is CN=C(NCC1(c2ccc(OC)c(OC)c2)CCCCC1)N(C)CCC1CCOCC1.I. The predicted molar refractivity (Wildman–Crippen MR) is 142 cm³/mol. The molecule has 32 heavy (non-hydrogen) atoms. The lowest BCUT2D eigenvalue weighted by Crippen LogP contribution is -2.47. The van der Waals surface area contributed by atoms with Gasteiger partial charge in [-0.15, -0.1) is 24.0 Å². The van der Waals surface area contributed by atoms with Crippen molar-refractivity contribution in [1.29, 1.82) is 0 Å². The normalized spacial score (nSPS) is 19.1. The molecule has 0 aromatic heterocycles. The van der Waals surface area contributed by atoms with Crippen LogP contribution in [0.1, 0.15) is 56.9 Å². The smallest absolute Gasteiger partial charge is 0.193 e. The molecule has 1 saturated carbocycles. The molecule has 2 aliphatic rings. The molecular weight excluding hydrogens is 517 g/mol. The molecule has 1 aliphatic heterocycles. The van der Waals surface area contributed by atoms with E-state index in [-0.39, 0.29) is 29.4 Å². The van der Waals surface area contributed by atoms with Crippen molar-refractivity contribution in [3.8, 4) is 11.5 Å². The Kier molecular flexibility index (Phi) is 11.4. The summed E-state index contributed by atoms with van der Waals surface area (Å²) in [5.74, 6) is 3.35. The second-order valence-corrected chi connectivity index (χ2v) is 9.08. The maximum atomic E-state index is 5.60. The zero-order valence-electron chi connectivity index (χ0n) is 20.3. The Bertz CT molecular complexity index is 716. The molecule has 1 aromatic rings. The molecule has 6 nitrogen and oxygen atoms in total. The molecule has 7 heteroatoms. The second-order valence-electron chi connectivity index (χ2n) is 9.08. The van der Waals surface area contributed by atoms with Gasteiger partial charge in [0.05, 0.1) is 14.2 Å². The molecule has 3 rings (SSSR count).